The summed E-state index contributed by atoms with van der Waals surface area (Å²) in [7, 11) is -10.6. The standard InChI is InChI=1S/Ba.H2O8S2/c;1-9(2,3)7-8-10(4,5)6/h;(H,1,2,3)(H,4,5,6)/q+2;/p-2. The summed E-state index contributed by atoms with van der Waals surface area (Å²) < 4.78 is 61.5. The molecule has 0 heterocycles. The van der Waals surface area contributed by atoms with Crippen LogP contribution in [0.1, 0.15) is 0 Å². The van der Waals surface area contributed by atoms with Gasteiger partial charge in [-0.15, -0.1) is 8.67 Å². The van der Waals surface area contributed by atoms with Crippen LogP contribution in [-0.2, 0) is 29.5 Å². The zero-order chi connectivity index (χ0) is 8.41. The number of hydrogen-bond donors (Lipinski definition) is 0. The van der Waals surface area contributed by atoms with Gasteiger partial charge in [-0.1, -0.05) is 0 Å². The summed E-state index contributed by atoms with van der Waals surface area (Å²) in [5.74, 6) is 0. The Kier molecular flexibility index (Phi) is 6.91. The molecule has 0 bridgehead atoms. The molecule has 0 unspecified atom stereocenters. The van der Waals surface area contributed by atoms with Gasteiger partial charge >= 0.3 is 48.9 Å². The van der Waals surface area contributed by atoms with Gasteiger partial charge in [-0.2, -0.15) is 0 Å². The summed E-state index contributed by atoms with van der Waals surface area (Å²) in [5, 5.41) is 0. The predicted molar refractivity (Wildman–Crippen MR) is 27.3 cm³/mol. The third-order valence-corrected chi connectivity index (χ3v) is 0.750. The van der Waals surface area contributed by atoms with Gasteiger partial charge in [0.2, 0.25) is 20.8 Å². The summed E-state index contributed by atoms with van der Waals surface area (Å²) in [6.07, 6.45) is 0. The van der Waals surface area contributed by atoms with Crippen LogP contribution in [0.25, 0.3) is 0 Å². The second-order valence-corrected chi connectivity index (χ2v) is 2.86. The second-order valence-electron chi connectivity index (χ2n) is 0.953. The van der Waals surface area contributed by atoms with Crippen LogP contribution in [0, 0.1) is 0 Å². The van der Waals surface area contributed by atoms with E-state index >= 15 is 0 Å². The molecule has 0 aliphatic rings. The molecular weight excluding hydrogens is 329 g/mol. The molecule has 0 aliphatic carbocycles. The van der Waals surface area contributed by atoms with E-state index in [0.717, 1.165) is 0 Å². The van der Waals surface area contributed by atoms with Crippen LogP contribution >= 0.6 is 0 Å². The van der Waals surface area contributed by atoms with Gasteiger partial charge in [0.15, 0.2) is 0 Å². The van der Waals surface area contributed by atoms with Gasteiger partial charge in [0.25, 0.3) is 0 Å². The van der Waals surface area contributed by atoms with Crippen LogP contribution in [0.2, 0.25) is 0 Å². The quantitative estimate of drug-likeness (QED) is 0.182. The van der Waals surface area contributed by atoms with Gasteiger partial charge in [0.05, 0.1) is 0 Å². The summed E-state index contributed by atoms with van der Waals surface area (Å²) >= 11 is 0. The second kappa shape index (κ2) is 5.13. The number of hydrogen-bond acceptors (Lipinski definition) is 8. The Hall–Kier alpha value is 1.31. The van der Waals surface area contributed by atoms with Gasteiger partial charge < -0.3 is 9.11 Å². The van der Waals surface area contributed by atoms with Crippen LogP contribution < -0.4 is 0 Å². The average molecular weight is 329 g/mol. The van der Waals surface area contributed by atoms with Gasteiger partial charge in [0, 0.05) is 0 Å². The van der Waals surface area contributed by atoms with Crippen molar-refractivity contribution in [3.8, 4) is 0 Å². The van der Waals surface area contributed by atoms with Gasteiger partial charge in [-0.3, -0.25) is 0 Å². The van der Waals surface area contributed by atoms with Crippen molar-refractivity contribution in [2.45, 2.75) is 0 Å². The molecule has 0 fully saturated rings. The molecule has 0 aliphatic heterocycles. The normalized spacial score (nSPS) is 12.2. The van der Waals surface area contributed by atoms with Crippen LogP contribution in [0.4, 0.5) is 0 Å². The van der Waals surface area contributed by atoms with Crippen molar-refractivity contribution in [2.75, 3.05) is 0 Å². The first kappa shape index (κ1) is 14.8. The van der Waals surface area contributed by atoms with E-state index in [1.807, 2.05) is 0 Å². The third-order valence-electron chi connectivity index (χ3n) is 0.194. The van der Waals surface area contributed by atoms with Crippen molar-refractivity contribution in [2.24, 2.45) is 0 Å². The molecule has 0 spiro atoms. The molecule has 8 nitrogen and oxygen atoms in total. The largest absolute Gasteiger partial charge is 2.00 e. The smallest absolute Gasteiger partial charge is 0.724 e. The SMILES string of the molecule is O=S(=O)([O-])OOS(=O)(=O)[O-].[Ba+2]. The van der Waals surface area contributed by atoms with E-state index in [1.165, 1.54) is 0 Å². The minimum Gasteiger partial charge on any atom is -0.724 e. The Balaban J connectivity index is 0. The fourth-order valence-electron chi connectivity index (χ4n) is 0.0680. The van der Waals surface area contributed by atoms with Crippen LogP contribution in [0.5, 0.6) is 0 Å². The molecule has 11 heavy (non-hydrogen) atoms. The topological polar surface area (TPSA) is 133 Å². The molecule has 0 amide bonds. The predicted octanol–water partition coefficient (Wildman–Crippen LogP) is -2.53. The molecule has 62 valence electrons. The Morgan fingerprint density at radius 1 is 0.818 bits per heavy atom. The Morgan fingerprint density at radius 3 is 1.09 bits per heavy atom. The summed E-state index contributed by atoms with van der Waals surface area (Å²) in [5.41, 5.74) is 0. The summed E-state index contributed by atoms with van der Waals surface area (Å²) in [6.45, 7) is 0. The summed E-state index contributed by atoms with van der Waals surface area (Å²) in [6, 6.07) is 0. The molecule has 0 N–H and O–H groups in total. The Morgan fingerprint density at radius 2 is 1.00 bits per heavy atom. The van der Waals surface area contributed by atoms with Crippen molar-refractivity contribution < 1.29 is 34.6 Å². The molecule has 0 radical (unpaired) electrons. The van der Waals surface area contributed by atoms with Crippen molar-refractivity contribution in [1.82, 2.24) is 0 Å². The maximum absolute atomic E-state index is 9.37. The van der Waals surface area contributed by atoms with E-state index in [9.17, 15) is 25.9 Å². The average Bonchev–Trinajstić information content (AvgIpc) is 1.57. The molecule has 0 aromatic heterocycles. The molecule has 0 aromatic carbocycles. The van der Waals surface area contributed by atoms with E-state index < -0.39 is 20.8 Å². The van der Waals surface area contributed by atoms with E-state index in [4.69, 9.17) is 0 Å². The van der Waals surface area contributed by atoms with Crippen molar-refractivity contribution in [3.05, 3.63) is 0 Å². The van der Waals surface area contributed by atoms with Gasteiger partial charge in [-0.05, 0) is 0 Å². The van der Waals surface area contributed by atoms with Gasteiger partial charge in [-0.25, -0.2) is 16.8 Å². The zero-order valence-corrected chi connectivity index (χ0v) is 10.9. The Bertz CT molecular complexity index is 248. The monoisotopic (exact) mass is 330 g/mol. The molecule has 0 rings (SSSR count). The first-order chi connectivity index (χ1) is 4.21. The van der Waals surface area contributed by atoms with Crippen molar-refractivity contribution >= 4 is 69.7 Å². The molecule has 11 heteroatoms. The fraction of sp³-hybridized carbons (Fsp3) is 0. The Labute approximate surface area is 103 Å². The molecule has 0 saturated heterocycles. The summed E-state index contributed by atoms with van der Waals surface area (Å²) in [4.78, 5) is 0. The van der Waals surface area contributed by atoms with Gasteiger partial charge in [0.1, 0.15) is 0 Å². The molecule has 0 atom stereocenters. The maximum Gasteiger partial charge on any atom is 2.00 e. The van der Waals surface area contributed by atoms with E-state index in [2.05, 4.69) is 8.67 Å². The number of rotatable bonds is 3. The van der Waals surface area contributed by atoms with E-state index in [-0.39, 0.29) is 48.9 Å². The zero-order valence-electron chi connectivity index (χ0n) is 4.79. The van der Waals surface area contributed by atoms with E-state index in [1.54, 1.807) is 0 Å². The van der Waals surface area contributed by atoms with E-state index in [0.29, 0.717) is 0 Å². The first-order valence-corrected chi connectivity index (χ1v) is 4.17. The fourth-order valence-corrected chi connectivity index (χ4v) is 0.612. The maximum atomic E-state index is 9.37. The van der Waals surface area contributed by atoms with Crippen molar-refractivity contribution in [3.63, 3.8) is 0 Å². The molecular formula is BaO8S2. The minimum absolute atomic E-state index is 0. The first-order valence-electron chi connectivity index (χ1n) is 1.50. The molecule has 0 aromatic rings. The minimum atomic E-state index is -5.31. The van der Waals surface area contributed by atoms with Crippen molar-refractivity contribution in [1.29, 1.82) is 0 Å². The van der Waals surface area contributed by atoms with Crippen LogP contribution in [0.15, 0.2) is 0 Å². The molecule has 0 saturated carbocycles. The third kappa shape index (κ3) is 14.2. The van der Waals surface area contributed by atoms with Crippen LogP contribution in [0.3, 0.4) is 0 Å². The van der Waals surface area contributed by atoms with Crippen LogP contribution in [-0.4, -0.2) is 74.8 Å².